The Morgan fingerprint density at radius 1 is 1.03 bits per heavy atom. The number of fused-ring (bicyclic) bond motifs is 1. The summed E-state index contributed by atoms with van der Waals surface area (Å²) in [5, 5.41) is 2.17. The van der Waals surface area contributed by atoms with Crippen LogP contribution in [0, 0.1) is 5.92 Å². The molecule has 33 heavy (non-hydrogen) atoms. The van der Waals surface area contributed by atoms with Crippen LogP contribution in [0.2, 0.25) is 10.0 Å². The van der Waals surface area contributed by atoms with Crippen LogP contribution in [0.1, 0.15) is 12.8 Å². The molecule has 2 aliphatic rings. The number of thiazole rings is 1. The molecule has 0 aliphatic carbocycles. The standard InChI is InChI=1S/C24H26Cl2N4O2S/c1-32-17-5-6-19-21(15-17)33-24(27-19)30-9-7-16(8-10-30)23(31)29-13-11-28(12-14-29)20-4-2-3-18(25)22(20)26/h2-6,15-16H,7-14H2,1H3. The number of nitrogens with zero attached hydrogens (tertiary/aromatic N) is 4. The van der Waals surface area contributed by atoms with E-state index in [0.717, 1.165) is 65.8 Å². The van der Waals surface area contributed by atoms with Crippen LogP contribution in [0.5, 0.6) is 5.75 Å². The van der Waals surface area contributed by atoms with Gasteiger partial charge < -0.3 is 19.4 Å². The van der Waals surface area contributed by atoms with Gasteiger partial charge in [-0.3, -0.25) is 4.79 Å². The second-order valence-corrected chi connectivity index (χ2v) is 10.3. The molecule has 2 aliphatic heterocycles. The lowest BCUT2D eigenvalue weighted by molar-refractivity contribution is -0.136. The average molecular weight is 505 g/mol. The highest BCUT2D eigenvalue weighted by atomic mass is 35.5. The molecule has 2 fully saturated rings. The number of amides is 1. The zero-order valence-electron chi connectivity index (χ0n) is 18.5. The number of hydrogen-bond acceptors (Lipinski definition) is 6. The summed E-state index contributed by atoms with van der Waals surface area (Å²) < 4.78 is 6.45. The topological polar surface area (TPSA) is 48.9 Å². The summed E-state index contributed by atoms with van der Waals surface area (Å²) in [5.74, 6) is 1.21. The van der Waals surface area contributed by atoms with Gasteiger partial charge in [-0.05, 0) is 43.2 Å². The van der Waals surface area contributed by atoms with E-state index in [9.17, 15) is 4.79 Å². The largest absolute Gasteiger partial charge is 0.497 e. The van der Waals surface area contributed by atoms with Gasteiger partial charge in [-0.25, -0.2) is 4.98 Å². The highest BCUT2D eigenvalue weighted by Gasteiger charge is 2.31. The van der Waals surface area contributed by atoms with Crippen LogP contribution in [0.3, 0.4) is 0 Å². The lowest BCUT2D eigenvalue weighted by Crippen LogP contribution is -2.51. The number of anilines is 2. The summed E-state index contributed by atoms with van der Waals surface area (Å²) in [6.45, 7) is 4.65. The molecule has 3 aromatic rings. The normalized spacial score (nSPS) is 17.6. The molecule has 0 radical (unpaired) electrons. The number of carbonyl (C=O) groups is 1. The summed E-state index contributed by atoms with van der Waals surface area (Å²) >= 11 is 14.2. The van der Waals surface area contributed by atoms with Gasteiger partial charge in [-0.1, -0.05) is 40.6 Å². The van der Waals surface area contributed by atoms with Crippen LogP contribution in [0.4, 0.5) is 10.8 Å². The van der Waals surface area contributed by atoms with Crippen LogP contribution >= 0.6 is 34.5 Å². The quantitative estimate of drug-likeness (QED) is 0.489. The minimum Gasteiger partial charge on any atom is -0.497 e. The Hall–Kier alpha value is -2.22. The second kappa shape index (κ2) is 9.57. The summed E-state index contributed by atoms with van der Waals surface area (Å²) in [6.07, 6.45) is 1.72. The Balaban J connectivity index is 1.16. The minimum absolute atomic E-state index is 0.0806. The van der Waals surface area contributed by atoms with Gasteiger partial charge in [-0.15, -0.1) is 0 Å². The summed E-state index contributed by atoms with van der Waals surface area (Å²) in [6, 6.07) is 11.7. The minimum atomic E-state index is 0.0806. The first-order valence-electron chi connectivity index (χ1n) is 11.2. The van der Waals surface area contributed by atoms with Gasteiger partial charge >= 0.3 is 0 Å². The van der Waals surface area contributed by atoms with Crippen molar-refractivity contribution in [2.45, 2.75) is 12.8 Å². The number of ether oxygens (including phenoxy) is 1. The molecule has 6 nitrogen and oxygen atoms in total. The Kier molecular flexibility index (Phi) is 6.54. The molecule has 174 valence electrons. The van der Waals surface area contributed by atoms with E-state index >= 15 is 0 Å². The van der Waals surface area contributed by atoms with E-state index in [1.54, 1.807) is 24.5 Å². The Bertz CT molecular complexity index is 1150. The molecular formula is C24H26Cl2N4O2S. The number of hydrogen-bond donors (Lipinski definition) is 0. The summed E-state index contributed by atoms with van der Waals surface area (Å²) in [7, 11) is 1.68. The molecule has 0 spiro atoms. The van der Waals surface area contributed by atoms with Gasteiger partial charge in [0.25, 0.3) is 0 Å². The lowest BCUT2D eigenvalue weighted by atomic mass is 9.95. The number of methoxy groups -OCH3 is 1. The highest BCUT2D eigenvalue weighted by molar-refractivity contribution is 7.22. The molecule has 0 bridgehead atoms. The van der Waals surface area contributed by atoms with Gasteiger partial charge in [0.15, 0.2) is 5.13 Å². The van der Waals surface area contributed by atoms with Crippen molar-refractivity contribution in [2.75, 3.05) is 56.2 Å². The molecule has 9 heteroatoms. The number of benzene rings is 2. The number of rotatable bonds is 4. The smallest absolute Gasteiger partial charge is 0.225 e. The van der Waals surface area contributed by atoms with E-state index in [1.165, 1.54) is 0 Å². The van der Waals surface area contributed by atoms with Crippen molar-refractivity contribution < 1.29 is 9.53 Å². The maximum absolute atomic E-state index is 13.2. The van der Waals surface area contributed by atoms with E-state index in [-0.39, 0.29) is 11.8 Å². The number of piperazine rings is 1. The molecule has 1 amide bonds. The van der Waals surface area contributed by atoms with E-state index < -0.39 is 0 Å². The van der Waals surface area contributed by atoms with Crippen molar-refractivity contribution >= 4 is 61.5 Å². The van der Waals surface area contributed by atoms with Crippen molar-refractivity contribution in [1.82, 2.24) is 9.88 Å². The fourth-order valence-electron chi connectivity index (χ4n) is 4.64. The van der Waals surface area contributed by atoms with E-state index in [4.69, 9.17) is 32.9 Å². The molecule has 0 atom stereocenters. The monoisotopic (exact) mass is 504 g/mol. The first-order valence-corrected chi connectivity index (χ1v) is 12.8. The zero-order valence-corrected chi connectivity index (χ0v) is 20.8. The van der Waals surface area contributed by atoms with E-state index in [1.807, 2.05) is 35.2 Å². The van der Waals surface area contributed by atoms with Crippen LogP contribution in [-0.2, 0) is 4.79 Å². The molecular weight excluding hydrogens is 479 g/mol. The fraction of sp³-hybridized carbons (Fsp3) is 0.417. The van der Waals surface area contributed by atoms with Crippen molar-refractivity contribution in [2.24, 2.45) is 5.92 Å². The number of piperidine rings is 1. The van der Waals surface area contributed by atoms with Gasteiger partial charge in [0.1, 0.15) is 5.75 Å². The van der Waals surface area contributed by atoms with Gasteiger partial charge in [0.2, 0.25) is 5.91 Å². The Labute approximate surface area is 207 Å². The number of halogens is 2. The molecule has 0 saturated carbocycles. The second-order valence-electron chi connectivity index (χ2n) is 8.48. The third-order valence-corrected chi connectivity index (χ3v) is 8.45. The van der Waals surface area contributed by atoms with Gasteiger partial charge in [0.05, 0.1) is 33.1 Å². The van der Waals surface area contributed by atoms with Crippen molar-refractivity contribution in [1.29, 1.82) is 0 Å². The van der Waals surface area contributed by atoms with Crippen LogP contribution in [-0.4, -0.2) is 62.2 Å². The predicted molar refractivity (Wildman–Crippen MR) is 136 cm³/mol. The number of carbonyl (C=O) groups excluding carboxylic acids is 1. The van der Waals surface area contributed by atoms with Gasteiger partial charge in [0, 0.05) is 45.2 Å². The lowest BCUT2D eigenvalue weighted by Gasteiger charge is -2.39. The van der Waals surface area contributed by atoms with Crippen LogP contribution in [0.25, 0.3) is 10.2 Å². The zero-order chi connectivity index (χ0) is 22.9. The maximum atomic E-state index is 13.2. The SMILES string of the molecule is COc1ccc2nc(N3CCC(C(=O)N4CCN(c5cccc(Cl)c5Cl)CC4)CC3)sc2c1. The fourth-order valence-corrected chi connectivity index (χ4v) is 6.10. The van der Waals surface area contributed by atoms with E-state index in [2.05, 4.69) is 9.80 Å². The molecule has 2 saturated heterocycles. The first-order chi connectivity index (χ1) is 16.0. The Morgan fingerprint density at radius 2 is 1.79 bits per heavy atom. The molecule has 0 N–H and O–H groups in total. The third-order valence-electron chi connectivity index (χ3n) is 6.56. The molecule has 5 rings (SSSR count). The maximum Gasteiger partial charge on any atom is 0.225 e. The van der Waals surface area contributed by atoms with Crippen molar-refractivity contribution in [3.8, 4) is 5.75 Å². The van der Waals surface area contributed by atoms with Crippen molar-refractivity contribution in [3.05, 3.63) is 46.4 Å². The first kappa shape index (κ1) is 22.6. The molecule has 2 aromatic carbocycles. The van der Waals surface area contributed by atoms with Crippen molar-refractivity contribution in [3.63, 3.8) is 0 Å². The van der Waals surface area contributed by atoms with E-state index in [0.29, 0.717) is 23.1 Å². The average Bonchev–Trinajstić information content (AvgIpc) is 3.29. The highest BCUT2D eigenvalue weighted by Crippen LogP contribution is 2.35. The van der Waals surface area contributed by atoms with Gasteiger partial charge in [-0.2, -0.15) is 0 Å². The predicted octanol–water partition coefficient (Wildman–Crippen LogP) is 5.18. The number of aromatic nitrogens is 1. The van der Waals surface area contributed by atoms with Crippen LogP contribution < -0.4 is 14.5 Å². The summed E-state index contributed by atoms with van der Waals surface area (Å²) in [5.41, 5.74) is 1.93. The summed E-state index contributed by atoms with van der Waals surface area (Å²) in [4.78, 5) is 24.5. The molecule has 3 heterocycles. The Morgan fingerprint density at radius 3 is 2.52 bits per heavy atom. The molecule has 0 unspecified atom stereocenters. The third kappa shape index (κ3) is 4.59. The molecule has 1 aromatic heterocycles. The van der Waals surface area contributed by atoms with Crippen LogP contribution in [0.15, 0.2) is 36.4 Å².